The lowest BCUT2D eigenvalue weighted by atomic mass is 9.84. The Hall–Kier alpha value is -2.31. The van der Waals surface area contributed by atoms with Crippen molar-refractivity contribution < 1.29 is 14.3 Å². The molecule has 1 saturated heterocycles. The minimum Gasteiger partial charge on any atom is -0.490 e. The van der Waals surface area contributed by atoms with Gasteiger partial charge in [-0.15, -0.1) is 0 Å². The van der Waals surface area contributed by atoms with Crippen LogP contribution in [0, 0.1) is 0 Å². The summed E-state index contributed by atoms with van der Waals surface area (Å²) in [6.45, 7) is 0.923. The Labute approximate surface area is 193 Å². The number of benzene rings is 2. The Morgan fingerprint density at radius 2 is 1.74 bits per heavy atom. The molecule has 0 spiro atoms. The van der Waals surface area contributed by atoms with E-state index in [0.29, 0.717) is 28.4 Å². The Balaban J connectivity index is 1.26. The van der Waals surface area contributed by atoms with E-state index in [1.807, 2.05) is 30.3 Å². The van der Waals surface area contributed by atoms with Crippen molar-refractivity contribution in [2.45, 2.75) is 38.0 Å². The van der Waals surface area contributed by atoms with Gasteiger partial charge in [-0.1, -0.05) is 67.5 Å². The molecule has 1 heterocycles. The van der Waals surface area contributed by atoms with Gasteiger partial charge in [0.15, 0.2) is 0 Å². The van der Waals surface area contributed by atoms with E-state index < -0.39 is 0 Å². The third kappa shape index (κ3) is 5.69. The lowest BCUT2D eigenvalue weighted by molar-refractivity contribution is -0.121. The van der Waals surface area contributed by atoms with E-state index in [1.165, 1.54) is 54.3 Å². The van der Waals surface area contributed by atoms with E-state index in [1.54, 1.807) is 7.05 Å². The SMILES string of the molecule is CN1C(=O)/C(=C\c2cccc(OCCOc3ccc(C4CCCCC4)cc3)c2)SC1=S. The molecule has 2 fully saturated rings. The molecule has 0 radical (unpaired) electrons. The van der Waals surface area contributed by atoms with E-state index in [4.69, 9.17) is 21.7 Å². The Morgan fingerprint density at radius 3 is 2.42 bits per heavy atom. The maximum absolute atomic E-state index is 12.2. The quantitative estimate of drug-likeness (QED) is 0.291. The van der Waals surface area contributed by atoms with Gasteiger partial charge >= 0.3 is 0 Å². The van der Waals surface area contributed by atoms with Gasteiger partial charge in [0, 0.05) is 7.05 Å². The minimum atomic E-state index is -0.0655. The molecule has 0 N–H and O–H groups in total. The van der Waals surface area contributed by atoms with Crippen molar-refractivity contribution in [3.8, 4) is 11.5 Å². The second kappa shape index (κ2) is 10.3. The van der Waals surface area contributed by atoms with Crippen LogP contribution in [0.15, 0.2) is 53.4 Å². The van der Waals surface area contributed by atoms with Gasteiger partial charge in [-0.3, -0.25) is 9.69 Å². The van der Waals surface area contributed by atoms with Gasteiger partial charge in [-0.25, -0.2) is 0 Å². The Bertz CT molecular complexity index is 965. The lowest BCUT2D eigenvalue weighted by Gasteiger charge is -2.22. The first-order chi connectivity index (χ1) is 15.1. The third-order valence-corrected chi connectivity index (χ3v) is 7.20. The highest BCUT2D eigenvalue weighted by molar-refractivity contribution is 8.26. The smallest absolute Gasteiger partial charge is 0.265 e. The zero-order chi connectivity index (χ0) is 21.6. The number of rotatable bonds is 7. The largest absolute Gasteiger partial charge is 0.490 e. The molecule has 0 atom stereocenters. The molecule has 1 aliphatic heterocycles. The summed E-state index contributed by atoms with van der Waals surface area (Å²) in [6.07, 6.45) is 8.52. The Morgan fingerprint density at radius 1 is 1.03 bits per heavy atom. The molecule has 0 aromatic heterocycles. The number of thioether (sulfide) groups is 1. The first-order valence-electron chi connectivity index (χ1n) is 10.8. The van der Waals surface area contributed by atoms with Gasteiger partial charge < -0.3 is 9.47 Å². The summed E-state index contributed by atoms with van der Waals surface area (Å²) in [4.78, 5) is 14.3. The highest BCUT2D eigenvalue weighted by atomic mass is 32.2. The van der Waals surface area contributed by atoms with Crippen LogP contribution in [0.5, 0.6) is 11.5 Å². The molecule has 1 amide bonds. The van der Waals surface area contributed by atoms with Gasteiger partial charge in [-0.2, -0.15) is 0 Å². The highest BCUT2D eigenvalue weighted by Gasteiger charge is 2.28. The van der Waals surface area contributed by atoms with Gasteiger partial charge in [0.05, 0.1) is 4.91 Å². The van der Waals surface area contributed by atoms with Crippen molar-refractivity contribution in [3.63, 3.8) is 0 Å². The fraction of sp³-hybridized carbons (Fsp3) is 0.360. The summed E-state index contributed by atoms with van der Waals surface area (Å²) in [5.74, 6) is 2.27. The van der Waals surface area contributed by atoms with E-state index in [-0.39, 0.29) is 5.91 Å². The second-order valence-corrected chi connectivity index (χ2v) is 9.59. The number of likely N-dealkylation sites (N-methyl/N-ethyl adjacent to an activating group) is 1. The average Bonchev–Trinajstić information content (AvgIpc) is 3.04. The summed E-state index contributed by atoms with van der Waals surface area (Å²) < 4.78 is 12.3. The number of ether oxygens (including phenoxy) is 2. The number of hydrogen-bond acceptors (Lipinski definition) is 5. The molecule has 6 heteroatoms. The topological polar surface area (TPSA) is 38.8 Å². The first-order valence-corrected chi connectivity index (χ1v) is 12.0. The Kier molecular flexibility index (Phi) is 7.30. The molecule has 4 rings (SSSR count). The predicted molar refractivity (Wildman–Crippen MR) is 131 cm³/mol. The highest BCUT2D eigenvalue weighted by Crippen LogP contribution is 2.33. The van der Waals surface area contributed by atoms with Crippen LogP contribution >= 0.6 is 24.0 Å². The fourth-order valence-electron chi connectivity index (χ4n) is 3.98. The van der Waals surface area contributed by atoms with Crippen LogP contribution in [0.25, 0.3) is 6.08 Å². The molecular formula is C25H27NO3S2. The van der Waals surface area contributed by atoms with Crippen molar-refractivity contribution in [1.82, 2.24) is 4.90 Å². The summed E-state index contributed by atoms with van der Waals surface area (Å²) in [5.41, 5.74) is 2.34. The number of nitrogens with zero attached hydrogens (tertiary/aromatic N) is 1. The van der Waals surface area contributed by atoms with Crippen LogP contribution in [0.1, 0.15) is 49.1 Å². The van der Waals surface area contributed by atoms with Gasteiger partial charge in [0.2, 0.25) is 0 Å². The summed E-state index contributed by atoms with van der Waals surface area (Å²) in [6, 6.07) is 16.2. The number of amides is 1. The molecule has 2 aromatic carbocycles. The standard InChI is InChI=1S/C25H27NO3S2/c1-26-24(27)23(31-25(26)30)17-18-6-5-9-22(16-18)29-15-14-28-21-12-10-20(11-13-21)19-7-3-2-4-8-19/h5-6,9-13,16-17,19H,2-4,7-8,14-15H2,1H3/b23-17+. The van der Waals surface area contributed by atoms with Crippen molar-refractivity contribution in [1.29, 1.82) is 0 Å². The number of carbonyl (C=O) groups is 1. The molecular weight excluding hydrogens is 426 g/mol. The monoisotopic (exact) mass is 453 g/mol. The zero-order valence-corrected chi connectivity index (χ0v) is 19.3. The molecule has 2 aromatic rings. The van der Waals surface area contributed by atoms with Gasteiger partial charge in [0.25, 0.3) is 5.91 Å². The summed E-state index contributed by atoms with van der Waals surface area (Å²) in [7, 11) is 1.70. The summed E-state index contributed by atoms with van der Waals surface area (Å²) in [5, 5.41) is 0. The van der Waals surface area contributed by atoms with E-state index in [2.05, 4.69) is 24.3 Å². The number of thiocarbonyl (C=S) groups is 1. The van der Waals surface area contributed by atoms with E-state index in [9.17, 15) is 4.79 Å². The molecule has 0 bridgehead atoms. The fourth-order valence-corrected chi connectivity index (χ4v) is 5.16. The van der Waals surface area contributed by atoms with Crippen molar-refractivity contribution in [2.75, 3.05) is 20.3 Å². The van der Waals surface area contributed by atoms with E-state index >= 15 is 0 Å². The maximum atomic E-state index is 12.2. The van der Waals surface area contributed by atoms with Gasteiger partial charge in [-0.05, 0) is 60.2 Å². The van der Waals surface area contributed by atoms with Crippen LogP contribution in [0.3, 0.4) is 0 Å². The number of carbonyl (C=O) groups excluding carboxylic acids is 1. The van der Waals surface area contributed by atoms with Gasteiger partial charge in [0.1, 0.15) is 29.0 Å². The first kappa shape index (κ1) is 21.9. The van der Waals surface area contributed by atoms with Crippen molar-refractivity contribution >= 4 is 40.3 Å². The number of hydrogen-bond donors (Lipinski definition) is 0. The minimum absolute atomic E-state index is 0.0655. The normalized spacial score (nSPS) is 18.6. The van der Waals surface area contributed by atoms with Crippen LogP contribution in [-0.4, -0.2) is 35.4 Å². The predicted octanol–water partition coefficient (Wildman–Crippen LogP) is 6.02. The molecule has 1 aliphatic carbocycles. The molecule has 162 valence electrons. The maximum Gasteiger partial charge on any atom is 0.265 e. The molecule has 0 unspecified atom stereocenters. The third-order valence-electron chi connectivity index (χ3n) is 5.72. The molecule has 2 aliphatic rings. The lowest BCUT2D eigenvalue weighted by Crippen LogP contribution is -2.22. The van der Waals surface area contributed by atoms with Crippen LogP contribution < -0.4 is 9.47 Å². The second-order valence-electron chi connectivity index (χ2n) is 7.91. The van der Waals surface area contributed by atoms with Crippen molar-refractivity contribution in [2.24, 2.45) is 0 Å². The average molecular weight is 454 g/mol. The van der Waals surface area contributed by atoms with Crippen LogP contribution in [0.4, 0.5) is 0 Å². The van der Waals surface area contributed by atoms with E-state index in [0.717, 1.165) is 17.1 Å². The molecule has 1 saturated carbocycles. The summed E-state index contributed by atoms with van der Waals surface area (Å²) >= 11 is 6.50. The zero-order valence-electron chi connectivity index (χ0n) is 17.7. The van der Waals surface area contributed by atoms with Crippen LogP contribution in [0.2, 0.25) is 0 Å². The van der Waals surface area contributed by atoms with Crippen molar-refractivity contribution in [3.05, 3.63) is 64.6 Å². The van der Waals surface area contributed by atoms with Crippen LogP contribution in [-0.2, 0) is 4.79 Å². The molecule has 4 nitrogen and oxygen atoms in total. The molecule has 31 heavy (non-hydrogen) atoms.